The van der Waals surface area contributed by atoms with E-state index in [1.165, 1.54) is 93.2 Å². The van der Waals surface area contributed by atoms with E-state index in [9.17, 15) is 0 Å². The fourth-order valence-electron chi connectivity index (χ4n) is 13.3. The Morgan fingerprint density at radius 1 is 0.289 bits per heavy atom. The molecule has 13 aromatic carbocycles. The zero-order valence-electron chi connectivity index (χ0n) is 42.1. The van der Waals surface area contributed by atoms with Crippen LogP contribution >= 0.6 is 0 Å². The van der Waals surface area contributed by atoms with E-state index in [1.807, 2.05) is 0 Å². The van der Waals surface area contributed by atoms with Gasteiger partial charge >= 0.3 is 0 Å². The lowest BCUT2D eigenvalue weighted by Gasteiger charge is -2.25. The Balaban J connectivity index is 0.915. The van der Waals surface area contributed by atoms with Crippen molar-refractivity contribution in [3.63, 3.8) is 0 Å². The van der Waals surface area contributed by atoms with E-state index in [4.69, 9.17) is 8.83 Å². The Morgan fingerprint density at radius 3 is 1.26 bits per heavy atom. The molecule has 2 aromatic heterocycles. The van der Waals surface area contributed by atoms with Crippen LogP contribution in [0.5, 0.6) is 0 Å². The van der Waals surface area contributed by atoms with Gasteiger partial charge in [-0.3, -0.25) is 0 Å². The zero-order chi connectivity index (χ0) is 50.2. The molecule has 2 heterocycles. The van der Waals surface area contributed by atoms with Crippen molar-refractivity contribution in [1.29, 1.82) is 0 Å². The molecule has 0 unspecified atom stereocenters. The van der Waals surface area contributed by atoms with E-state index in [-0.39, 0.29) is 11.3 Å². The summed E-state index contributed by atoms with van der Waals surface area (Å²) < 4.78 is 14.1. The van der Waals surface area contributed by atoms with E-state index in [0.29, 0.717) is 0 Å². The van der Waals surface area contributed by atoms with Crippen LogP contribution in [0.1, 0.15) is 47.6 Å². The molecule has 0 aliphatic heterocycles. The summed E-state index contributed by atoms with van der Waals surface area (Å²) in [5.74, 6) is -0.129. The van der Waals surface area contributed by atoms with E-state index in [1.54, 1.807) is 0 Å². The molecule has 356 valence electrons. The van der Waals surface area contributed by atoms with Gasteiger partial charge in [0.05, 0.1) is 0 Å². The van der Waals surface area contributed by atoms with Crippen molar-refractivity contribution >= 4 is 87.0 Å². The van der Waals surface area contributed by atoms with E-state index in [0.717, 1.165) is 66.1 Å². The van der Waals surface area contributed by atoms with Crippen LogP contribution in [0, 0.1) is 0 Å². The SMILES string of the molecule is CC1(C)c2cc(-c3ccccc3)ccc2-c2ccc(C(c3cccc(-c4cc5ccccc5c5c4oc4ccc6ccccc6c45)c3)c3cccc(-c4cc5ccccc5c5c4oc4ccc6ccccc6c45)c3)cc21. The second kappa shape index (κ2) is 16.2. The molecule has 2 nitrogen and oxygen atoms in total. The molecular weight excluding hydrogens is 921 g/mol. The van der Waals surface area contributed by atoms with E-state index < -0.39 is 0 Å². The fraction of sp³-hybridized carbons (Fsp3) is 0.0541. The second-order valence-corrected chi connectivity index (χ2v) is 21.5. The summed E-state index contributed by atoms with van der Waals surface area (Å²) in [5, 5.41) is 14.2. The first-order valence-corrected chi connectivity index (χ1v) is 26.5. The van der Waals surface area contributed by atoms with Gasteiger partial charge in [-0.25, -0.2) is 0 Å². The first-order valence-electron chi connectivity index (χ1n) is 26.5. The molecule has 0 saturated carbocycles. The van der Waals surface area contributed by atoms with Crippen molar-refractivity contribution in [2.75, 3.05) is 0 Å². The maximum absolute atomic E-state index is 7.03. The number of furan rings is 2. The molecule has 0 fully saturated rings. The fourth-order valence-corrected chi connectivity index (χ4v) is 13.3. The molecule has 0 spiro atoms. The van der Waals surface area contributed by atoms with Gasteiger partial charge in [-0.15, -0.1) is 0 Å². The summed E-state index contributed by atoms with van der Waals surface area (Å²) in [7, 11) is 0. The smallest absolute Gasteiger partial charge is 0.143 e. The zero-order valence-corrected chi connectivity index (χ0v) is 42.1. The van der Waals surface area contributed by atoms with Crippen LogP contribution in [0.2, 0.25) is 0 Å². The van der Waals surface area contributed by atoms with Crippen LogP contribution in [0.3, 0.4) is 0 Å². The molecule has 16 rings (SSSR count). The van der Waals surface area contributed by atoms with Gasteiger partial charge in [-0.1, -0.05) is 232 Å². The number of hydrogen-bond donors (Lipinski definition) is 0. The Bertz CT molecular complexity index is 4670. The first kappa shape index (κ1) is 43.0. The Labute approximate surface area is 439 Å². The van der Waals surface area contributed by atoms with Gasteiger partial charge in [-0.2, -0.15) is 0 Å². The summed E-state index contributed by atoms with van der Waals surface area (Å²) >= 11 is 0. The summed E-state index contributed by atoms with van der Waals surface area (Å²) in [4.78, 5) is 0. The number of fused-ring (bicyclic) bond motifs is 17. The highest BCUT2D eigenvalue weighted by Crippen LogP contribution is 2.52. The van der Waals surface area contributed by atoms with Crippen molar-refractivity contribution in [2.24, 2.45) is 0 Å². The summed E-state index contributed by atoms with van der Waals surface area (Å²) in [6.45, 7) is 4.80. The molecule has 0 N–H and O–H groups in total. The summed E-state index contributed by atoms with van der Waals surface area (Å²) in [6, 6.07) is 91.7. The van der Waals surface area contributed by atoms with Gasteiger partial charge in [0.25, 0.3) is 0 Å². The third-order valence-electron chi connectivity index (χ3n) is 16.9. The van der Waals surface area contributed by atoms with Gasteiger partial charge < -0.3 is 8.83 Å². The van der Waals surface area contributed by atoms with Gasteiger partial charge in [0, 0.05) is 44.0 Å². The normalized spacial score (nSPS) is 13.1. The van der Waals surface area contributed by atoms with Crippen LogP contribution < -0.4 is 0 Å². The maximum Gasteiger partial charge on any atom is 0.143 e. The standard InChI is InChI=1S/C74H48O2/c1-74(2)63-42-47(44-16-4-3-5-17-44)30-34-59(63)60-35-31-54(43-64(60)74)67(52-24-14-22-48(38-52)61-40-50-20-8-12-28-57(50)70-68-55-26-10-6-18-45(55)32-36-65(68)75-72(61)70)53-25-15-23-49(39-53)62-41-51-21-9-13-29-58(51)71-69-56-27-11-7-19-46(56)33-37-66(69)76-73(62)71/h3-43,67H,1-2H3. The van der Waals surface area contributed by atoms with Crippen molar-refractivity contribution in [3.8, 4) is 44.5 Å². The van der Waals surface area contributed by atoms with Crippen LogP contribution in [0.25, 0.3) is 131 Å². The highest BCUT2D eigenvalue weighted by Gasteiger charge is 2.37. The molecule has 0 amide bonds. The largest absolute Gasteiger partial charge is 0.455 e. The Kier molecular flexibility index (Phi) is 9.18. The molecule has 2 heteroatoms. The third kappa shape index (κ3) is 6.34. The average molecular weight is 969 g/mol. The lowest BCUT2D eigenvalue weighted by Crippen LogP contribution is -2.16. The highest BCUT2D eigenvalue weighted by molar-refractivity contribution is 6.30. The maximum atomic E-state index is 7.03. The quantitative estimate of drug-likeness (QED) is 0.155. The summed E-state index contributed by atoms with van der Waals surface area (Å²) in [5.41, 5.74) is 19.2. The molecule has 76 heavy (non-hydrogen) atoms. The molecule has 15 aromatic rings. The van der Waals surface area contributed by atoms with Crippen molar-refractivity contribution in [1.82, 2.24) is 0 Å². The van der Waals surface area contributed by atoms with Gasteiger partial charge in [0.15, 0.2) is 0 Å². The number of hydrogen-bond acceptors (Lipinski definition) is 2. The van der Waals surface area contributed by atoms with Crippen molar-refractivity contribution in [3.05, 3.63) is 277 Å². The van der Waals surface area contributed by atoms with Gasteiger partial charge in [0.1, 0.15) is 22.3 Å². The number of benzene rings is 13. The molecule has 0 saturated heterocycles. The highest BCUT2D eigenvalue weighted by atomic mass is 16.3. The van der Waals surface area contributed by atoms with E-state index in [2.05, 4.69) is 263 Å². The van der Waals surface area contributed by atoms with Crippen LogP contribution in [-0.2, 0) is 5.41 Å². The lowest BCUT2D eigenvalue weighted by molar-refractivity contribution is 0.659. The second-order valence-electron chi connectivity index (χ2n) is 21.5. The van der Waals surface area contributed by atoms with E-state index >= 15 is 0 Å². The van der Waals surface area contributed by atoms with Crippen LogP contribution in [0.4, 0.5) is 0 Å². The predicted octanol–water partition coefficient (Wildman–Crippen LogP) is 20.6. The molecule has 0 bridgehead atoms. The molecular formula is C74H48O2. The van der Waals surface area contributed by atoms with Crippen LogP contribution in [0.15, 0.2) is 258 Å². The lowest BCUT2D eigenvalue weighted by atomic mass is 9.78. The van der Waals surface area contributed by atoms with Gasteiger partial charge in [-0.05, 0) is 135 Å². The average Bonchev–Trinajstić information content (AvgIpc) is 4.23. The van der Waals surface area contributed by atoms with Gasteiger partial charge in [0.2, 0.25) is 0 Å². The Morgan fingerprint density at radius 2 is 0.724 bits per heavy atom. The summed E-state index contributed by atoms with van der Waals surface area (Å²) in [6.07, 6.45) is 0. The molecule has 0 atom stereocenters. The topological polar surface area (TPSA) is 26.3 Å². The van der Waals surface area contributed by atoms with Crippen LogP contribution in [-0.4, -0.2) is 0 Å². The predicted molar refractivity (Wildman–Crippen MR) is 319 cm³/mol. The van der Waals surface area contributed by atoms with Crippen molar-refractivity contribution < 1.29 is 8.83 Å². The third-order valence-corrected chi connectivity index (χ3v) is 16.9. The minimum absolute atomic E-state index is 0.129. The molecule has 1 aliphatic rings. The number of rotatable bonds is 6. The van der Waals surface area contributed by atoms with Crippen molar-refractivity contribution in [2.45, 2.75) is 25.2 Å². The monoisotopic (exact) mass is 968 g/mol. The molecule has 1 aliphatic carbocycles. The molecule has 0 radical (unpaired) electrons. The minimum atomic E-state index is -0.232. The minimum Gasteiger partial charge on any atom is -0.455 e. The first-order chi connectivity index (χ1) is 37.4. The Hall–Kier alpha value is -9.50.